The van der Waals surface area contributed by atoms with Crippen LogP contribution in [0, 0.1) is 0 Å². The molecule has 0 heterocycles. The zero-order valence-electron chi connectivity index (χ0n) is 18.2. The normalized spacial score (nSPS) is 13.4. The second-order valence-electron chi connectivity index (χ2n) is 7.80. The topological polar surface area (TPSA) is 23.6 Å². The molecule has 0 amide bonds. The maximum atomic E-state index is 13.6. The van der Waals surface area contributed by atoms with Crippen LogP contribution in [0.5, 0.6) is 0 Å². The molecule has 0 radical (unpaired) electrons. The third-order valence-corrected chi connectivity index (χ3v) is 5.68. The molecule has 0 spiro atoms. The van der Waals surface area contributed by atoms with Crippen LogP contribution >= 0.6 is 0 Å². The number of hydrogen-bond donors (Lipinski definition) is 0. The van der Waals surface area contributed by atoms with E-state index < -0.39 is 5.54 Å². The standard InChI is InChI=1S/C25H36N2O/c1-6-18-27(19-7-2)23-16-14-22(15-17-23)24(28)25(8-3,26(4)5)20-21-12-10-9-11-13-21/h9-17H,6-8,18-20H2,1-5H3. The fourth-order valence-electron chi connectivity index (χ4n) is 3.98. The maximum Gasteiger partial charge on any atom is 0.183 e. The Bertz CT molecular complexity index is 718. The van der Waals surface area contributed by atoms with E-state index >= 15 is 0 Å². The molecule has 2 rings (SSSR count). The molecular formula is C25H36N2O. The van der Waals surface area contributed by atoms with Crippen LogP contribution in [0.3, 0.4) is 0 Å². The third-order valence-electron chi connectivity index (χ3n) is 5.68. The number of Topliss-reactive ketones (excluding diaryl/α,β-unsaturated/α-hetero) is 1. The first kappa shape index (κ1) is 22.2. The summed E-state index contributed by atoms with van der Waals surface area (Å²) in [6, 6.07) is 18.6. The van der Waals surface area contributed by atoms with E-state index in [9.17, 15) is 4.79 Å². The summed E-state index contributed by atoms with van der Waals surface area (Å²) < 4.78 is 0. The Labute approximate surface area is 171 Å². The summed E-state index contributed by atoms with van der Waals surface area (Å²) in [5.74, 6) is 0.202. The van der Waals surface area contributed by atoms with Crippen LogP contribution in [-0.4, -0.2) is 43.4 Å². The van der Waals surface area contributed by atoms with Crippen molar-refractivity contribution in [3.05, 3.63) is 65.7 Å². The second-order valence-corrected chi connectivity index (χ2v) is 7.80. The highest BCUT2D eigenvalue weighted by Gasteiger charge is 2.39. The van der Waals surface area contributed by atoms with Crippen molar-refractivity contribution in [1.82, 2.24) is 4.90 Å². The summed E-state index contributed by atoms with van der Waals surface area (Å²) in [6.45, 7) is 8.62. The zero-order chi connectivity index (χ0) is 20.6. The third kappa shape index (κ3) is 5.02. The first-order valence-corrected chi connectivity index (χ1v) is 10.6. The van der Waals surface area contributed by atoms with Crippen molar-refractivity contribution in [3.63, 3.8) is 0 Å². The molecule has 1 atom stereocenters. The molecule has 3 heteroatoms. The summed E-state index contributed by atoms with van der Waals surface area (Å²) in [5.41, 5.74) is 2.66. The molecule has 0 N–H and O–H groups in total. The average Bonchev–Trinajstić information content (AvgIpc) is 2.72. The molecule has 28 heavy (non-hydrogen) atoms. The number of benzene rings is 2. The number of carbonyl (C=O) groups excluding carboxylic acids is 1. The van der Waals surface area contributed by atoms with Crippen LogP contribution in [0.25, 0.3) is 0 Å². The summed E-state index contributed by atoms with van der Waals surface area (Å²) in [6.07, 6.45) is 3.73. The number of nitrogens with zero attached hydrogens (tertiary/aromatic N) is 2. The van der Waals surface area contributed by atoms with E-state index in [1.54, 1.807) is 0 Å². The van der Waals surface area contributed by atoms with Gasteiger partial charge in [-0.2, -0.15) is 0 Å². The Morgan fingerprint density at radius 2 is 1.43 bits per heavy atom. The van der Waals surface area contributed by atoms with Crippen LogP contribution in [0.2, 0.25) is 0 Å². The number of carbonyl (C=O) groups is 1. The number of rotatable bonds is 11. The fourth-order valence-corrected chi connectivity index (χ4v) is 3.98. The lowest BCUT2D eigenvalue weighted by molar-refractivity contribution is 0.0666. The largest absolute Gasteiger partial charge is 0.372 e. The quantitative estimate of drug-likeness (QED) is 0.484. The molecule has 152 valence electrons. The first-order valence-electron chi connectivity index (χ1n) is 10.6. The monoisotopic (exact) mass is 380 g/mol. The molecule has 0 saturated carbocycles. The van der Waals surface area contributed by atoms with E-state index in [1.165, 1.54) is 11.3 Å². The smallest absolute Gasteiger partial charge is 0.183 e. The fraction of sp³-hybridized carbons (Fsp3) is 0.480. The molecule has 2 aromatic carbocycles. The molecule has 0 aromatic heterocycles. The summed E-state index contributed by atoms with van der Waals surface area (Å²) in [7, 11) is 4.03. The van der Waals surface area contributed by atoms with Gasteiger partial charge in [0.15, 0.2) is 5.78 Å². The Kier molecular flexibility index (Phi) is 8.25. The first-order chi connectivity index (χ1) is 13.5. The van der Waals surface area contributed by atoms with Crippen molar-refractivity contribution in [3.8, 4) is 0 Å². The molecule has 0 aliphatic heterocycles. The molecule has 0 aliphatic carbocycles. The van der Waals surface area contributed by atoms with Crippen molar-refractivity contribution in [1.29, 1.82) is 0 Å². The molecule has 0 saturated heterocycles. The maximum absolute atomic E-state index is 13.6. The minimum absolute atomic E-state index is 0.202. The predicted molar refractivity (Wildman–Crippen MR) is 120 cm³/mol. The van der Waals surface area contributed by atoms with Crippen LogP contribution in [0.4, 0.5) is 5.69 Å². The van der Waals surface area contributed by atoms with Crippen LogP contribution in [0.15, 0.2) is 54.6 Å². The van der Waals surface area contributed by atoms with E-state index in [1.807, 2.05) is 44.4 Å². The zero-order valence-corrected chi connectivity index (χ0v) is 18.2. The van der Waals surface area contributed by atoms with E-state index in [4.69, 9.17) is 0 Å². The number of hydrogen-bond acceptors (Lipinski definition) is 3. The van der Waals surface area contributed by atoms with Crippen molar-refractivity contribution >= 4 is 11.5 Å². The van der Waals surface area contributed by atoms with Gasteiger partial charge in [-0.3, -0.25) is 9.69 Å². The second kappa shape index (κ2) is 10.4. The van der Waals surface area contributed by atoms with Crippen molar-refractivity contribution in [2.45, 2.75) is 52.0 Å². The van der Waals surface area contributed by atoms with Gasteiger partial charge in [0.2, 0.25) is 0 Å². The van der Waals surface area contributed by atoms with Crippen LogP contribution in [-0.2, 0) is 6.42 Å². The Morgan fingerprint density at radius 1 is 0.857 bits per heavy atom. The Hall–Kier alpha value is -2.13. The van der Waals surface area contributed by atoms with Crippen molar-refractivity contribution < 1.29 is 4.79 Å². The van der Waals surface area contributed by atoms with Gasteiger partial charge in [0.25, 0.3) is 0 Å². The van der Waals surface area contributed by atoms with Gasteiger partial charge in [-0.15, -0.1) is 0 Å². The van der Waals surface area contributed by atoms with Gasteiger partial charge in [-0.1, -0.05) is 51.1 Å². The van der Waals surface area contributed by atoms with Gasteiger partial charge < -0.3 is 4.90 Å². The Morgan fingerprint density at radius 3 is 1.89 bits per heavy atom. The summed E-state index contributed by atoms with van der Waals surface area (Å²) in [5, 5.41) is 0. The van der Waals surface area contributed by atoms with Gasteiger partial charge in [0.1, 0.15) is 0 Å². The molecule has 0 bridgehead atoms. The van der Waals surface area contributed by atoms with E-state index in [0.29, 0.717) is 0 Å². The number of anilines is 1. The molecular weight excluding hydrogens is 344 g/mol. The van der Waals surface area contributed by atoms with Crippen molar-refractivity contribution in [2.75, 3.05) is 32.1 Å². The molecule has 0 aliphatic rings. The van der Waals surface area contributed by atoms with Crippen molar-refractivity contribution in [2.24, 2.45) is 0 Å². The predicted octanol–water partition coefficient (Wildman–Crippen LogP) is 5.45. The highest BCUT2D eigenvalue weighted by Crippen LogP contribution is 2.28. The van der Waals surface area contributed by atoms with Gasteiger partial charge >= 0.3 is 0 Å². The summed E-state index contributed by atoms with van der Waals surface area (Å²) >= 11 is 0. The molecule has 0 fully saturated rings. The van der Waals surface area contributed by atoms with Gasteiger partial charge in [-0.25, -0.2) is 0 Å². The van der Waals surface area contributed by atoms with Crippen LogP contribution < -0.4 is 4.90 Å². The summed E-state index contributed by atoms with van der Waals surface area (Å²) in [4.78, 5) is 18.1. The van der Waals surface area contributed by atoms with Gasteiger partial charge in [0, 0.05) is 24.3 Å². The minimum atomic E-state index is -0.532. The van der Waals surface area contributed by atoms with E-state index in [2.05, 4.69) is 54.8 Å². The Balaban J connectivity index is 2.31. The minimum Gasteiger partial charge on any atom is -0.372 e. The van der Waals surface area contributed by atoms with E-state index in [-0.39, 0.29) is 5.78 Å². The SMILES string of the molecule is CCCN(CCC)c1ccc(C(=O)C(CC)(Cc2ccccc2)N(C)C)cc1. The lowest BCUT2D eigenvalue weighted by atomic mass is 9.80. The number of ketones is 1. The highest BCUT2D eigenvalue weighted by atomic mass is 16.1. The molecule has 1 unspecified atom stereocenters. The lowest BCUT2D eigenvalue weighted by Gasteiger charge is -2.38. The van der Waals surface area contributed by atoms with E-state index in [0.717, 1.165) is 44.3 Å². The average molecular weight is 381 g/mol. The highest BCUT2D eigenvalue weighted by molar-refractivity contribution is 6.03. The number of likely N-dealkylation sites (N-methyl/N-ethyl adjacent to an activating group) is 1. The van der Waals surface area contributed by atoms with Crippen LogP contribution in [0.1, 0.15) is 56.0 Å². The lowest BCUT2D eigenvalue weighted by Crippen LogP contribution is -2.52. The van der Waals surface area contributed by atoms with Gasteiger partial charge in [0.05, 0.1) is 5.54 Å². The molecule has 3 nitrogen and oxygen atoms in total. The molecule has 2 aromatic rings. The van der Waals surface area contributed by atoms with Gasteiger partial charge in [-0.05, 0) is 69.6 Å².